The predicted molar refractivity (Wildman–Crippen MR) is 105 cm³/mol. The fraction of sp³-hybridized carbons (Fsp3) is 0.905. The van der Waals surface area contributed by atoms with Gasteiger partial charge in [-0.05, 0) is 63.2 Å². The predicted octanol–water partition coefficient (Wildman–Crippen LogP) is 2.59. The van der Waals surface area contributed by atoms with E-state index in [0.29, 0.717) is 0 Å². The van der Waals surface area contributed by atoms with Gasteiger partial charge in [-0.1, -0.05) is 0 Å². The van der Waals surface area contributed by atoms with Crippen LogP contribution in [0.15, 0.2) is 0 Å². The summed E-state index contributed by atoms with van der Waals surface area (Å²) >= 11 is 0. The summed E-state index contributed by atoms with van der Waals surface area (Å²) in [7, 11) is 0. The molecule has 10 heteroatoms. The highest BCUT2D eigenvalue weighted by atomic mass is 19.4. The molecule has 1 aliphatic carbocycles. The van der Waals surface area contributed by atoms with Crippen LogP contribution < -0.4 is 5.32 Å². The van der Waals surface area contributed by atoms with E-state index in [4.69, 9.17) is 19.4 Å². The van der Waals surface area contributed by atoms with E-state index in [-0.39, 0.29) is 17.6 Å². The zero-order chi connectivity index (χ0) is 22.5. The number of amides is 1. The number of hydrogen-bond donors (Lipinski definition) is 2. The number of carbonyl (C=O) groups is 2. The number of carbonyl (C=O) groups excluding carboxylic acids is 1. The second-order valence-electron chi connectivity index (χ2n) is 9.18. The number of likely N-dealkylation sites (tertiary alicyclic amines) is 1. The maximum Gasteiger partial charge on any atom is 0.490 e. The number of nitrogens with zero attached hydrogens (tertiary/aromatic N) is 1. The maximum absolute atomic E-state index is 12.3. The molecule has 0 aromatic carbocycles. The fourth-order valence-electron chi connectivity index (χ4n) is 4.48. The summed E-state index contributed by atoms with van der Waals surface area (Å²) in [5.41, 5.74) is -0.0201. The Labute approximate surface area is 180 Å². The molecule has 1 saturated carbocycles. The molecule has 1 amide bonds. The zero-order valence-electron chi connectivity index (χ0n) is 17.8. The van der Waals surface area contributed by atoms with E-state index >= 15 is 0 Å². The number of hydrogen-bond acceptors (Lipinski definition) is 5. The molecule has 4 fully saturated rings. The number of alkyl halides is 3. The third-order valence-corrected chi connectivity index (χ3v) is 6.68. The van der Waals surface area contributed by atoms with Gasteiger partial charge in [0.2, 0.25) is 5.91 Å². The van der Waals surface area contributed by atoms with E-state index in [2.05, 4.69) is 10.2 Å². The third kappa shape index (κ3) is 7.61. The van der Waals surface area contributed by atoms with Crippen LogP contribution in [0, 0.1) is 11.8 Å². The summed E-state index contributed by atoms with van der Waals surface area (Å²) < 4.78 is 43.5. The number of rotatable bonds is 5. The van der Waals surface area contributed by atoms with Crippen LogP contribution in [0.25, 0.3) is 0 Å². The Morgan fingerprint density at radius 3 is 2.16 bits per heavy atom. The summed E-state index contributed by atoms with van der Waals surface area (Å²) in [6.45, 7) is 6.17. The number of halogens is 3. The molecule has 1 unspecified atom stereocenters. The van der Waals surface area contributed by atoms with E-state index in [1.165, 1.54) is 32.2 Å². The fourth-order valence-corrected chi connectivity index (χ4v) is 4.48. The van der Waals surface area contributed by atoms with Crippen molar-refractivity contribution in [3.05, 3.63) is 0 Å². The lowest BCUT2D eigenvalue weighted by Gasteiger charge is -2.40. The van der Waals surface area contributed by atoms with Crippen LogP contribution >= 0.6 is 0 Å². The Hall–Kier alpha value is -1.39. The van der Waals surface area contributed by atoms with Crippen molar-refractivity contribution >= 4 is 11.9 Å². The molecule has 2 N–H and O–H groups in total. The molecular formula is C21H33F3N2O5. The van der Waals surface area contributed by atoms with E-state index < -0.39 is 12.1 Å². The Kier molecular flexibility index (Phi) is 8.20. The lowest BCUT2D eigenvalue weighted by molar-refractivity contribution is -0.192. The molecule has 3 saturated heterocycles. The van der Waals surface area contributed by atoms with Crippen LogP contribution in [-0.4, -0.2) is 79.2 Å². The van der Waals surface area contributed by atoms with Crippen LogP contribution in [0.4, 0.5) is 13.2 Å². The van der Waals surface area contributed by atoms with Crippen molar-refractivity contribution in [1.29, 1.82) is 0 Å². The summed E-state index contributed by atoms with van der Waals surface area (Å²) in [6.07, 6.45) is 3.81. The lowest BCUT2D eigenvalue weighted by Crippen LogP contribution is -2.47. The highest BCUT2D eigenvalue weighted by Gasteiger charge is 2.45. The molecule has 1 spiro atoms. The molecular weight excluding hydrogens is 417 g/mol. The van der Waals surface area contributed by atoms with Crippen LogP contribution in [0.1, 0.15) is 51.4 Å². The molecule has 31 heavy (non-hydrogen) atoms. The number of nitrogens with one attached hydrogen (secondary N) is 1. The van der Waals surface area contributed by atoms with Gasteiger partial charge in [-0.25, -0.2) is 4.79 Å². The molecule has 0 aromatic rings. The van der Waals surface area contributed by atoms with Crippen molar-refractivity contribution in [3.63, 3.8) is 0 Å². The highest BCUT2D eigenvalue weighted by molar-refractivity contribution is 5.81. The third-order valence-electron chi connectivity index (χ3n) is 6.68. The first-order chi connectivity index (χ1) is 14.7. The van der Waals surface area contributed by atoms with Gasteiger partial charge in [0.1, 0.15) is 6.10 Å². The monoisotopic (exact) mass is 450 g/mol. The van der Waals surface area contributed by atoms with Gasteiger partial charge in [0.05, 0.1) is 5.60 Å². The Morgan fingerprint density at radius 1 is 1.00 bits per heavy atom. The molecule has 3 aliphatic heterocycles. The first-order valence-electron chi connectivity index (χ1n) is 11.2. The molecule has 4 rings (SSSR count). The second-order valence-corrected chi connectivity index (χ2v) is 9.18. The van der Waals surface area contributed by atoms with Crippen molar-refractivity contribution in [1.82, 2.24) is 10.2 Å². The minimum absolute atomic E-state index is 0.0201. The van der Waals surface area contributed by atoms with E-state index in [9.17, 15) is 18.0 Å². The normalized spacial score (nSPS) is 26.9. The van der Waals surface area contributed by atoms with Crippen LogP contribution in [-0.2, 0) is 19.1 Å². The van der Waals surface area contributed by atoms with Gasteiger partial charge in [-0.3, -0.25) is 4.79 Å². The quantitative estimate of drug-likeness (QED) is 0.670. The molecule has 0 bridgehead atoms. The standard InChI is InChI=1S/C19H32N2O3.C2HF3O2/c22-18(20-13-15-1-2-15)17-3-6-19(24-17)7-9-21(10-8-19)14-16-4-11-23-12-5-16;3-2(4,5)1(6)7/h15-17H,1-14H2,(H,20,22);(H,6,7). The minimum atomic E-state index is -5.08. The lowest BCUT2D eigenvalue weighted by atomic mass is 9.87. The SMILES string of the molecule is O=C(NCC1CC1)C1CCC2(CCN(CC3CCOCC3)CC2)O1.O=C(O)C(F)(F)F. The molecule has 7 nitrogen and oxygen atoms in total. The number of aliphatic carboxylic acids is 1. The Balaban J connectivity index is 0.000000339. The maximum atomic E-state index is 12.3. The van der Waals surface area contributed by atoms with Gasteiger partial charge in [0.15, 0.2) is 0 Å². The van der Waals surface area contributed by atoms with Crippen LogP contribution in [0.3, 0.4) is 0 Å². The van der Waals surface area contributed by atoms with Gasteiger partial charge in [-0.2, -0.15) is 13.2 Å². The molecule has 3 heterocycles. The van der Waals surface area contributed by atoms with Crippen molar-refractivity contribution in [2.75, 3.05) is 39.4 Å². The van der Waals surface area contributed by atoms with Crippen LogP contribution in [0.5, 0.6) is 0 Å². The van der Waals surface area contributed by atoms with Crippen molar-refractivity contribution in [3.8, 4) is 0 Å². The summed E-state index contributed by atoms with van der Waals surface area (Å²) in [4.78, 5) is 23.8. The van der Waals surface area contributed by atoms with Gasteiger partial charge < -0.3 is 24.8 Å². The molecule has 4 aliphatic rings. The average Bonchev–Trinajstić information content (AvgIpc) is 3.48. The van der Waals surface area contributed by atoms with Crippen molar-refractivity contribution in [2.24, 2.45) is 11.8 Å². The van der Waals surface area contributed by atoms with Crippen molar-refractivity contribution < 1.29 is 37.3 Å². The number of carboxylic acid groups (broad SMARTS) is 1. The van der Waals surface area contributed by atoms with Gasteiger partial charge in [0.25, 0.3) is 0 Å². The van der Waals surface area contributed by atoms with E-state index in [1.54, 1.807) is 0 Å². The van der Waals surface area contributed by atoms with Gasteiger partial charge >= 0.3 is 12.1 Å². The highest BCUT2D eigenvalue weighted by Crippen LogP contribution is 2.39. The van der Waals surface area contributed by atoms with E-state index in [1.807, 2.05) is 0 Å². The Bertz CT molecular complexity index is 613. The molecule has 0 radical (unpaired) electrons. The first kappa shape index (κ1) is 24.3. The second kappa shape index (κ2) is 10.5. The number of piperidine rings is 1. The topological polar surface area (TPSA) is 88.1 Å². The van der Waals surface area contributed by atoms with Gasteiger partial charge in [0, 0.05) is 39.4 Å². The number of ether oxygens (including phenoxy) is 2. The zero-order valence-corrected chi connectivity index (χ0v) is 17.8. The summed E-state index contributed by atoms with van der Waals surface area (Å²) in [5.74, 6) is -1.09. The minimum Gasteiger partial charge on any atom is -0.475 e. The summed E-state index contributed by atoms with van der Waals surface area (Å²) in [5, 5.41) is 10.2. The van der Waals surface area contributed by atoms with Crippen molar-refractivity contribution in [2.45, 2.75) is 69.2 Å². The average molecular weight is 450 g/mol. The molecule has 178 valence electrons. The largest absolute Gasteiger partial charge is 0.490 e. The molecule has 1 atom stereocenters. The summed E-state index contributed by atoms with van der Waals surface area (Å²) in [6, 6.07) is 0. The Morgan fingerprint density at radius 2 is 1.61 bits per heavy atom. The first-order valence-corrected chi connectivity index (χ1v) is 11.2. The van der Waals surface area contributed by atoms with E-state index in [0.717, 1.165) is 70.4 Å². The number of carboxylic acids is 1. The van der Waals surface area contributed by atoms with Gasteiger partial charge in [-0.15, -0.1) is 0 Å². The molecule has 0 aromatic heterocycles. The smallest absolute Gasteiger partial charge is 0.475 e. The van der Waals surface area contributed by atoms with Crippen LogP contribution in [0.2, 0.25) is 0 Å².